The van der Waals surface area contributed by atoms with Crippen molar-refractivity contribution in [3.05, 3.63) is 35.9 Å². The Bertz CT molecular complexity index is 454. The van der Waals surface area contributed by atoms with E-state index in [2.05, 4.69) is 24.4 Å². The van der Waals surface area contributed by atoms with Crippen molar-refractivity contribution in [3.63, 3.8) is 0 Å². The topological polar surface area (TPSA) is 66.0 Å². The Morgan fingerprint density at radius 3 is 2.44 bits per heavy atom. The van der Waals surface area contributed by atoms with E-state index in [9.17, 15) is 4.79 Å². The van der Waals surface area contributed by atoms with Crippen molar-refractivity contribution in [3.8, 4) is 0 Å². The largest absolute Gasteiger partial charge is 0.466 e. The van der Waals surface area contributed by atoms with Gasteiger partial charge in [-0.2, -0.15) is 0 Å². The van der Waals surface area contributed by atoms with Gasteiger partial charge in [-0.1, -0.05) is 30.3 Å². The van der Waals surface area contributed by atoms with Crippen LogP contribution in [0.1, 0.15) is 31.9 Å². The molecule has 0 radical (unpaired) electrons. The average molecular weight is 353 g/mol. The van der Waals surface area contributed by atoms with E-state index in [4.69, 9.17) is 18.9 Å². The lowest BCUT2D eigenvalue weighted by atomic mass is 10.1. The number of ether oxygens (including phenoxy) is 4. The van der Waals surface area contributed by atoms with Gasteiger partial charge in [-0.25, -0.2) is 0 Å². The van der Waals surface area contributed by atoms with Crippen molar-refractivity contribution in [1.29, 1.82) is 0 Å². The zero-order chi connectivity index (χ0) is 18.3. The third-order valence-corrected chi connectivity index (χ3v) is 3.63. The third kappa shape index (κ3) is 10.2. The lowest BCUT2D eigenvalue weighted by Crippen LogP contribution is -2.38. The predicted octanol–water partition coefficient (Wildman–Crippen LogP) is 2.34. The van der Waals surface area contributed by atoms with Crippen molar-refractivity contribution in [2.45, 2.75) is 32.4 Å². The van der Waals surface area contributed by atoms with Gasteiger partial charge in [-0.05, 0) is 19.4 Å². The van der Waals surface area contributed by atoms with Crippen LogP contribution in [0, 0.1) is 0 Å². The fourth-order valence-corrected chi connectivity index (χ4v) is 2.37. The first-order chi connectivity index (χ1) is 12.2. The molecule has 0 saturated heterocycles. The van der Waals surface area contributed by atoms with Crippen molar-refractivity contribution < 1.29 is 23.7 Å². The maximum atomic E-state index is 11.8. The zero-order valence-electron chi connectivity index (χ0n) is 15.5. The molecule has 0 spiro atoms. The molecule has 0 saturated carbocycles. The van der Waals surface area contributed by atoms with Crippen LogP contribution in [0.5, 0.6) is 0 Å². The molecule has 0 aliphatic heterocycles. The zero-order valence-corrected chi connectivity index (χ0v) is 15.5. The highest BCUT2D eigenvalue weighted by Crippen LogP contribution is 2.13. The number of benzene rings is 1. The van der Waals surface area contributed by atoms with Gasteiger partial charge in [0, 0.05) is 19.2 Å². The van der Waals surface area contributed by atoms with E-state index >= 15 is 0 Å². The minimum atomic E-state index is -0.222. The first kappa shape index (κ1) is 21.6. The summed E-state index contributed by atoms with van der Waals surface area (Å²) in [7, 11) is 1.64. The van der Waals surface area contributed by atoms with Crippen LogP contribution < -0.4 is 5.32 Å². The molecule has 6 nitrogen and oxygen atoms in total. The molecule has 25 heavy (non-hydrogen) atoms. The van der Waals surface area contributed by atoms with Crippen molar-refractivity contribution in [2.24, 2.45) is 0 Å². The third-order valence-electron chi connectivity index (χ3n) is 3.63. The standard InChI is InChI=1S/C19H31NO5/c1-4-25-19(21)14-18(15-24-13-12-23-11-10-22-3)20-16(2)17-8-6-5-7-9-17/h5-9,16,18,20H,4,10-15H2,1-3H3/t16-,18?/m1/s1. The van der Waals surface area contributed by atoms with Gasteiger partial charge in [0.2, 0.25) is 0 Å². The monoisotopic (exact) mass is 353 g/mol. The van der Waals surface area contributed by atoms with Crippen LogP contribution in [0.2, 0.25) is 0 Å². The number of esters is 1. The van der Waals surface area contributed by atoms with Crippen molar-refractivity contribution in [2.75, 3.05) is 46.8 Å². The maximum absolute atomic E-state index is 11.8. The first-order valence-electron chi connectivity index (χ1n) is 8.78. The van der Waals surface area contributed by atoms with E-state index in [1.807, 2.05) is 18.2 Å². The number of rotatable bonds is 14. The molecule has 1 N–H and O–H groups in total. The van der Waals surface area contributed by atoms with E-state index in [1.54, 1.807) is 14.0 Å². The van der Waals surface area contributed by atoms with Crippen LogP contribution >= 0.6 is 0 Å². The second-order valence-corrected chi connectivity index (χ2v) is 5.69. The molecule has 2 atom stereocenters. The van der Waals surface area contributed by atoms with Gasteiger partial charge in [-0.15, -0.1) is 0 Å². The Morgan fingerprint density at radius 2 is 1.76 bits per heavy atom. The van der Waals surface area contributed by atoms with Crippen LogP contribution in [0.15, 0.2) is 30.3 Å². The lowest BCUT2D eigenvalue weighted by molar-refractivity contribution is -0.144. The highest BCUT2D eigenvalue weighted by molar-refractivity contribution is 5.70. The van der Waals surface area contributed by atoms with Gasteiger partial charge in [0.25, 0.3) is 0 Å². The number of methoxy groups -OCH3 is 1. The number of hydrogen-bond donors (Lipinski definition) is 1. The molecule has 0 aliphatic carbocycles. The molecule has 1 rings (SSSR count). The van der Waals surface area contributed by atoms with E-state index < -0.39 is 0 Å². The van der Waals surface area contributed by atoms with Crippen LogP contribution in [-0.4, -0.2) is 58.8 Å². The van der Waals surface area contributed by atoms with Crippen LogP contribution in [0.25, 0.3) is 0 Å². The highest BCUT2D eigenvalue weighted by atomic mass is 16.5. The van der Waals surface area contributed by atoms with Gasteiger partial charge in [-0.3, -0.25) is 4.79 Å². The van der Waals surface area contributed by atoms with E-state index in [-0.39, 0.29) is 24.5 Å². The molecule has 1 aromatic rings. The second kappa shape index (κ2) is 13.8. The van der Waals surface area contributed by atoms with Crippen LogP contribution in [0.3, 0.4) is 0 Å². The fraction of sp³-hybridized carbons (Fsp3) is 0.632. The van der Waals surface area contributed by atoms with Crippen molar-refractivity contribution >= 4 is 5.97 Å². The number of carbonyl (C=O) groups excluding carboxylic acids is 1. The summed E-state index contributed by atoms with van der Waals surface area (Å²) in [6.07, 6.45) is 0.273. The summed E-state index contributed by atoms with van der Waals surface area (Å²) in [5, 5.41) is 3.45. The molecule has 0 amide bonds. The van der Waals surface area contributed by atoms with Gasteiger partial charge < -0.3 is 24.3 Å². The Kier molecular flexibility index (Phi) is 11.9. The molecule has 1 aromatic carbocycles. The minimum Gasteiger partial charge on any atom is -0.466 e. The summed E-state index contributed by atoms with van der Waals surface area (Å²) >= 11 is 0. The molecular weight excluding hydrogens is 322 g/mol. The molecule has 1 unspecified atom stereocenters. The molecule has 0 aromatic heterocycles. The average Bonchev–Trinajstić information content (AvgIpc) is 2.61. The quantitative estimate of drug-likeness (QED) is 0.409. The van der Waals surface area contributed by atoms with Gasteiger partial charge >= 0.3 is 5.97 Å². The first-order valence-corrected chi connectivity index (χ1v) is 8.78. The smallest absolute Gasteiger partial charge is 0.307 e. The molecule has 0 heterocycles. The predicted molar refractivity (Wildman–Crippen MR) is 96.5 cm³/mol. The summed E-state index contributed by atoms with van der Waals surface area (Å²) in [5.74, 6) is -0.222. The molecular formula is C19H31NO5. The van der Waals surface area contributed by atoms with Crippen LogP contribution in [-0.2, 0) is 23.7 Å². The normalized spacial score (nSPS) is 13.4. The fourth-order valence-electron chi connectivity index (χ4n) is 2.37. The summed E-state index contributed by atoms with van der Waals surface area (Å²) in [6, 6.07) is 10.1. The maximum Gasteiger partial charge on any atom is 0.307 e. The lowest BCUT2D eigenvalue weighted by Gasteiger charge is -2.23. The molecule has 6 heteroatoms. The molecule has 0 aliphatic rings. The number of nitrogens with one attached hydrogen (secondary N) is 1. The Hall–Kier alpha value is -1.47. The summed E-state index contributed by atoms with van der Waals surface area (Å²) in [5.41, 5.74) is 1.17. The van der Waals surface area contributed by atoms with Gasteiger partial charge in [0.1, 0.15) is 0 Å². The van der Waals surface area contributed by atoms with E-state index in [1.165, 1.54) is 5.56 Å². The molecule has 0 bridgehead atoms. The van der Waals surface area contributed by atoms with E-state index in [0.717, 1.165) is 0 Å². The molecule has 0 fully saturated rings. The van der Waals surface area contributed by atoms with E-state index in [0.29, 0.717) is 39.6 Å². The summed E-state index contributed by atoms with van der Waals surface area (Å²) in [4.78, 5) is 11.8. The Balaban J connectivity index is 2.41. The minimum absolute atomic E-state index is 0.113. The SMILES string of the molecule is CCOC(=O)CC(COCCOCCOC)N[C@H](C)c1ccccc1. The summed E-state index contributed by atoms with van der Waals surface area (Å²) in [6.45, 7) is 6.78. The number of carbonyl (C=O) groups is 1. The molecule has 142 valence electrons. The highest BCUT2D eigenvalue weighted by Gasteiger charge is 2.18. The van der Waals surface area contributed by atoms with Crippen molar-refractivity contribution in [1.82, 2.24) is 5.32 Å². The summed E-state index contributed by atoms with van der Waals surface area (Å²) < 4.78 is 21.0. The van der Waals surface area contributed by atoms with Gasteiger partial charge in [0.15, 0.2) is 0 Å². The Labute approximate surface area is 150 Å². The van der Waals surface area contributed by atoms with Gasteiger partial charge in [0.05, 0.1) is 46.1 Å². The second-order valence-electron chi connectivity index (χ2n) is 5.69. The Morgan fingerprint density at radius 1 is 1.08 bits per heavy atom. The van der Waals surface area contributed by atoms with Crippen LogP contribution in [0.4, 0.5) is 0 Å². The number of hydrogen-bond acceptors (Lipinski definition) is 6.